The van der Waals surface area contributed by atoms with Crippen LogP contribution in [0.25, 0.3) is 0 Å². The molecule has 0 aromatic heterocycles. The molecule has 1 aromatic rings. The average molecular weight is 289 g/mol. The van der Waals surface area contributed by atoms with Gasteiger partial charge in [0.25, 0.3) is 0 Å². The third kappa shape index (κ3) is 2.73. The van der Waals surface area contributed by atoms with Crippen LogP contribution in [0.4, 0.5) is 4.79 Å². The van der Waals surface area contributed by atoms with Crippen molar-refractivity contribution in [3.63, 3.8) is 0 Å². The molecule has 1 N–H and O–H groups in total. The number of esters is 1. The Kier molecular flexibility index (Phi) is 3.82. The zero-order valence-electron chi connectivity index (χ0n) is 11.8. The van der Waals surface area contributed by atoms with E-state index in [-0.39, 0.29) is 12.5 Å². The minimum atomic E-state index is -1.02. The summed E-state index contributed by atoms with van der Waals surface area (Å²) in [5.74, 6) is 0.0374. The number of carbonyl (C=O) groups excluding carboxylic acids is 1. The first kappa shape index (κ1) is 13.9. The lowest BCUT2D eigenvalue weighted by Gasteiger charge is -2.23. The fourth-order valence-electron chi connectivity index (χ4n) is 3.62. The van der Waals surface area contributed by atoms with E-state index in [1.807, 2.05) is 30.3 Å². The lowest BCUT2D eigenvalue weighted by molar-refractivity contribution is -0.151. The largest absolute Gasteiger partial charge is 0.465 e. The Bertz CT molecular complexity index is 530. The zero-order chi connectivity index (χ0) is 14.8. The Labute approximate surface area is 123 Å². The topological polar surface area (TPSA) is 66.8 Å². The predicted molar refractivity (Wildman–Crippen MR) is 75.6 cm³/mol. The maximum atomic E-state index is 12.3. The fourth-order valence-corrected chi connectivity index (χ4v) is 3.62. The van der Waals surface area contributed by atoms with Gasteiger partial charge >= 0.3 is 12.1 Å². The molecule has 1 saturated carbocycles. The molecule has 1 aliphatic heterocycles. The summed E-state index contributed by atoms with van der Waals surface area (Å²) in [5, 5.41) is 9.29. The second-order valence-electron chi connectivity index (χ2n) is 5.83. The van der Waals surface area contributed by atoms with Gasteiger partial charge in [-0.15, -0.1) is 0 Å². The molecule has 2 fully saturated rings. The summed E-state index contributed by atoms with van der Waals surface area (Å²) in [6, 6.07) is 8.81. The van der Waals surface area contributed by atoms with Crippen molar-refractivity contribution in [1.29, 1.82) is 0 Å². The Morgan fingerprint density at radius 3 is 2.71 bits per heavy atom. The number of likely N-dealkylation sites (tertiary alicyclic amines) is 1. The molecule has 0 unspecified atom stereocenters. The first-order valence-corrected chi connectivity index (χ1v) is 7.37. The number of fused-ring (bicyclic) bond motifs is 1. The van der Waals surface area contributed by atoms with E-state index in [0.29, 0.717) is 12.5 Å². The summed E-state index contributed by atoms with van der Waals surface area (Å²) in [5.41, 5.74) is 0.911. The second kappa shape index (κ2) is 5.76. The van der Waals surface area contributed by atoms with Crippen LogP contribution in [0.1, 0.15) is 24.8 Å². The van der Waals surface area contributed by atoms with Crippen LogP contribution >= 0.6 is 0 Å². The van der Waals surface area contributed by atoms with Crippen molar-refractivity contribution < 1.29 is 19.4 Å². The third-order valence-electron chi connectivity index (χ3n) is 4.60. The molecule has 1 aliphatic carbocycles. The molecule has 5 nitrogen and oxygen atoms in total. The van der Waals surface area contributed by atoms with E-state index >= 15 is 0 Å². The van der Waals surface area contributed by atoms with E-state index < -0.39 is 18.1 Å². The van der Waals surface area contributed by atoms with E-state index in [9.17, 15) is 14.7 Å². The number of ether oxygens (including phenoxy) is 1. The Morgan fingerprint density at radius 1 is 1.24 bits per heavy atom. The van der Waals surface area contributed by atoms with Crippen LogP contribution in [0.5, 0.6) is 0 Å². The molecule has 1 amide bonds. The van der Waals surface area contributed by atoms with Crippen molar-refractivity contribution in [3.8, 4) is 0 Å². The maximum Gasteiger partial charge on any atom is 0.408 e. The van der Waals surface area contributed by atoms with Gasteiger partial charge in [-0.1, -0.05) is 36.8 Å². The molecule has 0 radical (unpaired) electrons. The van der Waals surface area contributed by atoms with Crippen LogP contribution in [0, 0.1) is 11.8 Å². The van der Waals surface area contributed by atoms with E-state index in [1.54, 1.807) is 0 Å². The molecule has 2 aliphatic rings. The van der Waals surface area contributed by atoms with E-state index in [1.165, 1.54) is 4.90 Å². The van der Waals surface area contributed by atoms with E-state index in [4.69, 9.17) is 4.74 Å². The molecule has 1 aromatic carbocycles. The summed E-state index contributed by atoms with van der Waals surface area (Å²) in [6.45, 7) is 0.659. The fraction of sp³-hybridized carbons (Fsp3) is 0.500. The molecule has 3 atom stereocenters. The van der Waals surface area contributed by atoms with Gasteiger partial charge in [-0.3, -0.25) is 4.90 Å². The molecular weight excluding hydrogens is 270 g/mol. The first-order chi connectivity index (χ1) is 10.2. The van der Waals surface area contributed by atoms with Crippen molar-refractivity contribution >= 4 is 12.1 Å². The van der Waals surface area contributed by atoms with Gasteiger partial charge < -0.3 is 9.84 Å². The predicted octanol–water partition coefficient (Wildman–Crippen LogP) is 2.51. The minimum absolute atomic E-state index is 0.129. The SMILES string of the molecule is O=C(OCc1ccccc1)[C@@H]1[C@H]2CCC[C@H]2CN1C(=O)O. The summed E-state index contributed by atoms with van der Waals surface area (Å²) in [7, 11) is 0. The maximum absolute atomic E-state index is 12.3. The number of benzene rings is 1. The zero-order valence-corrected chi connectivity index (χ0v) is 11.8. The van der Waals surface area contributed by atoms with Gasteiger partial charge in [-0.2, -0.15) is 0 Å². The normalized spacial score (nSPS) is 27.4. The van der Waals surface area contributed by atoms with Gasteiger partial charge in [0.15, 0.2) is 0 Å². The highest BCUT2D eigenvalue weighted by molar-refractivity contribution is 5.82. The van der Waals surface area contributed by atoms with Crippen LogP contribution in [-0.4, -0.2) is 34.7 Å². The molecular formula is C16H19NO4. The highest BCUT2D eigenvalue weighted by Gasteiger charge is 2.50. The Hall–Kier alpha value is -2.04. The van der Waals surface area contributed by atoms with Crippen LogP contribution in [0.2, 0.25) is 0 Å². The third-order valence-corrected chi connectivity index (χ3v) is 4.60. The molecule has 3 rings (SSSR count). The van der Waals surface area contributed by atoms with Crippen molar-refractivity contribution in [2.24, 2.45) is 11.8 Å². The summed E-state index contributed by atoms with van der Waals surface area (Å²) < 4.78 is 5.36. The number of carbonyl (C=O) groups is 2. The smallest absolute Gasteiger partial charge is 0.408 e. The van der Waals surface area contributed by atoms with Gasteiger partial charge in [0.1, 0.15) is 12.6 Å². The van der Waals surface area contributed by atoms with E-state index in [0.717, 1.165) is 24.8 Å². The van der Waals surface area contributed by atoms with Crippen LogP contribution < -0.4 is 0 Å². The van der Waals surface area contributed by atoms with Crippen molar-refractivity contribution in [1.82, 2.24) is 4.90 Å². The number of carboxylic acid groups (broad SMARTS) is 1. The van der Waals surface area contributed by atoms with Crippen molar-refractivity contribution in [3.05, 3.63) is 35.9 Å². The monoisotopic (exact) mass is 289 g/mol. The van der Waals surface area contributed by atoms with Gasteiger partial charge in [-0.25, -0.2) is 9.59 Å². The van der Waals surface area contributed by atoms with Crippen LogP contribution in [0.3, 0.4) is 0 Å². The molecule has 21 heavy (non-hydrogen) atoms. The van der Waals surface area contributed by atoms with Gasteiger partial charge in [-0.05, 0) is 30.2 Å². The molecule has 112 valence electrons. The minimum Gasteiger partial charge on any atom is -0.465 e. The van der Waals surface area contributed by atoms with Gasteiger partial charge in [0, 0.05) is 6.54 Å². The number of rotatable bonds is 3. The Balaban J connectivity index is 1.68. The first-order valence-electron chi connectivity index (χ1n) is 7.37. The number of amides is 1. The molecule has 0 spiro atoms. The average Bonchev–Trinajstić information content (AvgIpc) is 3.06. The van der Waals surface area contributed by atoms with Crippen molar-refractivity contribution in [2.45, 2.75) is 31.9 Å². The molecule has 0 bridgehead atoms. The van der Waals surface area contributed by atoms with Gasteiger partial charge in [0.2, 0.25) is 0 Å². The lowest BCUT2D eigenvalue weighted by atomic mass is 9.94. The molecule has 1 saturated heterocycles. The number of hydrogen-bond donors (Lipinski definition) is 1. The summed E-state index contributed by atoms with van der Waals surface area (Å²) in [4.78, 5) is 25.0. The quantitative estimate of drug-likeness (QED) is 0.868. The number of hydrogen-bond acceptors (Lipinski definition) is 3. The highest BCUT2D eigenvalue weighted by atomic mass is 16.5. The van der Waals surface area contributed by atoms with E-state index in [2.05, 4.69) is 0 Å². The highest BCUT2D eigenvalue weighted by Crippen LogP contribution is 2.42. The lowest BCUT2D eigenvalue weighted by Crippen LogP contribution is -2.43. The second-order valence-corrected chi connectivity index (χ2v) is 5.83. The number of nitrogens with zero attached hydrogens (tertiary/aromatic N) is 1. The Morgan fingerprint density at radius 2 is 2.00 bits per heavy atom. The van der Waals surface area contributed by atoms with Crippen LogP contribution in [-0.2, 0) is 16.1 Å². The van der Waals surface area contributed by atoms with Crippen LogP contribution in [0.15, 0.2) is 30.3 Å². The summed E-state index contributed by atoms with van der Waals surface area (Å²) >= 11 is 0. The van der Waals surface area contributed by atoms with Crippen molar-refractivity contribution in [2.75, 3.05) is 6.54 Å². The standard InChI is InChI=1S/C16H19NO4/c18-15(21-10-11-5-2-1-3-6-11)14-13-8-4-7-12(13)9-17(14)16(19)20/h1-3,5-6,12-14H,4,7-10H2,(H,19,20)/t12-,13-,14-/m0/s1. The molecule has 1 heterocycles. The van der Waals surface area contributed by atoms with Gasteiger partial charge in [0.05, 0.1) is 0 Å². The summed E-state index contributed by atoms with van der Waals surface area (Å²) in [6.07, 6.45) is 1.98. The molecule has 5 heteroatoms.